The number of carboxylic acid groups (broad SMARTS) is 1. The SMILES string of the molecule is O=C(O)CCC(=NO)c1ccc(-c2ccc(Br)cc2)c(F)c1. The number of halogens is 2. The van der Waals surface area contributed by atoms with Crippen molar-refractivity contribution in [2.45, 2.75) is 12.8 Å². The van der Waals surface area contributed by atoms with Gasteiger partial charge in [0.2, 0.25) is 0 Å². The summed E-state index contributed by atoms with van der Waals surface area (Å²) in [4.78, 5) is 10.6. The molecule has 4 nitrogen and oxygen atoms in total. The summed E-state index contributed by atoms with van der Waals surface area (Å²) in [5.41, 5.74) is 1.65. The Morgan fingerprint density at radius 3 is 2.36 bits per heavy atom. The summed E-state index contributed by atoms with van der Waals surface area (Å²) >= 11 is 3.32. The smallest absolute Gasteiger partial charge is 0.303 e. The number of hydrogen-bond acceptors (Lipinski definition) is 3. The van der Waals surface area contributed by atoms with Gasteiger partial charge in [-0.05, 0) is 23.8 Å². The molecule has 2 aromatic carbocycles. The molecule has 0 saturated carbocycles. The van der Waals surface area contributed by atoms with Gasteiger partial charge in [-0.2, -0.15) is 0 Å². The lowest BCUT2D eigenvalue weighted by Crippen LogP contribution is -2.06. The third-order valence-electron chi connectivity index (χ3n) is 3.15. The second-order valence-corrected chi connectivity index (χ2v) is 5.56. The zero-order valence-corrected chi connectivity index (χ0v) is 13.0. The van der Waals surface area contributed by atoms with Gasteiger partial charge in [-0.3, -0.25) is 4.79 Å². The third-order valence-corrected chi connectivity index (χ3v) is 3.68. The molecule has 0 aromatic heterocycles. The van der Waals surface area contributed by atoms with Crippen molar-refractivity contribution in [3.63, 3.8) is 0 Å². The van der Waals surface area contributed by atoms with E-state index in [4.69, 9.17) is 10.3 Å². The Balaban J connectivity index is 2.29. The highest BCUT2D eigenvalue weighted by atomic mass is 79.9. The lowest BCUT2D eigenvalue weighted by Gasteiger charge is -2.08. The maximum atomic E-state index is 14.3. The molecule has 6 heteroatoms. The van der Waals surface area contributed by atoms with Gasteiger partial charge < -0.3 is 10.3 Å². The largest absolute Gasteiger partial charge is 0.481 e. The molecule has 0 fully saturated rings. The van der Waals surface area contributed by atoms with Crippen LogP contribution in [0.5, 0.6) is 0 Å². The summed E-state index contributed by atoms with van der Waals surface area (Å²) in [5, 5.41) is 20.7. The standard InChI is InChI=1S/C16H13BrFNO3/c17-12-4-1-10(2-5-12)13-6-3-11(9-14(13)18)15(19-22)7-8-16(20)21/h1-6,9,22H,7-8H2,(H,20,21). The van der Waals surface area contributed by atoms with Gasteiger partial charge in [0.15, 0.2) is 0 Å². The van der Waals surface area contributed by atoms with E-state index in [0.29, 0.717) is 11.1 Å². The molecule has 0 bridgehead atoms. The van der Waals surface area contributed by atoms with E-state index in [1.165, 1.54) is 6.07 Å². The lowest BCUT2D eigenvalue weighted by atomic mass is 10.00. The van der Waals surface area contributed by atoms with Gasteiger partial charge >= 0.3 is 5.97 Å². The first kappa shape index (κ1) is 16.2. The van der Waals surface area contributed by atoms with Crippen LogP contribution in [-0.2, 0) is 4.79 Å². The van der Waals surface area contributed by atoms with Gasteiger partial charge in [-0.25, -0.2) is 4.39 Å². The molecular formula is C16H13BrFNO3. The molecule has 2 aromatic rings. The Morgan fingerprint density at radius 1 is 1.14 bits per heavy atom. The van der Waals surface area contributed by atoms with E-state index in [1.54, 1.807) is 24.3 Å². The van der Waals surface area contributed by atoms with Crippen LogP contribution in [0.25, 0.3) is 11.1 Å². The predicted molar refractivity (Wildman–Crippen MR) is 84.7 cm³/mol. The highest BCUT2D eigenvalue weighted by Crippen LogP contribution is 2.25. The van der Waals surface area contributed by atoms with Gasteiger partial charge in [0.05, 0.1) is 12.1 Å². The van der Waals surface area contributed by atoms with Crippen molar-refractivity contribution >= 4 is 27.6 Å². The average Bonchev–Trinajstić information content (AvgIpc) is 2.49. The van der Waals surface area contributed by atoms with Crippen molar-refractivity contribution in [1.82, 2.24) is 0 Å². The minimum absolute atomic E-state index is 0.0307. The van der Waals surface area contributed by atoms with Crippen molar-refractivity contribution in [2.24, 2.45) is 5.16 Å². The minimum atomic E-state index is -1.01. The summed E-state index contributed by atoms with van der Waals surface area (Å²) in [7, 11) is 0. The fourth-order valence-electron chi connectivity index (χ4n) is 2.04. The number of carbonyl (C=O) groups is 1. The van der Waals surface area contributed by atoms with E-state index in [1.807, 2.05) is 12.1 Å². The number of aliphatic carboxylic acids is 1. The predicted octanol–water partition coefficient (Wildman–Crippen LogP) is 4.30. The Labute approximate surface area is 135 Å². The Bertz CT molecular complexity index is 714. The van der Waals surface area contributed by atoms with E-state index >= 15 is 0 Å². The second-order valence-electron chi connectivity index (χ2n) is 4.64. The average molecular weight is 366 g/mol. The number of nitrogens with zero attached hydrogens (tertiary/aromatic N) is 1. The number of rotatable bonds is 5. The van der Waals surface area contributed by atoms with E-state index in [9.17, 15) is 9.18 Å². The van der Waals surface area contributed by atoms with Crippen LogP contribution in [-0.4, -0.2) is 22.0 Å². The van der Waals surface area contributed by atoms with Crippen molar-refractivity contribution in [3.05, 3.63) is 58.3 Å². The summed E-state index contributed by atoms with van der Waals surface area (Å²) in [5.74, 6) is -1.47. The number of hydrogen-bond donors (Lipinski definition) is 2. The number of carboxylic acids is 1. The van der Waals surface area contributed by atoms with Gasteiger partial charge in [-0.1, -0.05) is 45.4 Å². The van der Waals surface area contributed by atoms with E-state index in [0.717, 1.165) is 10.0 Å². The van der Waals surface area contributed by atoms with Crippen molar-refractivity contribution in [3.8, 4) is 11.1 Å². The lowest BCUT2D eigenvalue weighted by molar-refractivity contribution is -0.136. The Hall–Kier alpha value is -2.21. The van der Waals surface area contributed by atoms with Crippen molar-refractivity contribution < 1.29 is 19.5 Å². The number of benzene rings is 2. The monoisotopic (exact) mass is 365 g/mol. The zero-order chi connectivity index (χ0) is 16.1. The van der Waals surface area contributed by atoms with Crippen molar-refractivity contribution in [2.75, 3.05) is 0 Å². The Kier molecular flexibility index (Phi) is 5.27. The molecular weight excluding hydrogens is 353 g/mol. The quantitative estimate of drug-likeness (QED) is 0.471. The van der Waals surface area contributed by atoms with Gasteiger partial charge in [0.25, 0.3) is 0 Å². The molecule has 0 aliphatic carbocycles. The van der Waals surface area contributed by atoms with Crippen LogP contribution in [0.15, 0.2) is 52.1 Å². The molecule has 0 heterocycles. The second kappa shape index (κ2) is 7.17. The van der Waals surface area contributed by atoms with Crippen LogP contribution in [0, 0.1) is 5.82 Å². The first-order chi connectivity index (χ1) is 10.5. The van der Waals surface area contributed by atoms with Gasteiger partial charge in [0, 0.05) is 22.0 Å². The number of oxime groups is 1. The molecule has 0 radical (unpaired) electrons. The topological polar surface area (TPSA) is 69.9 Å². The summed E-state index contributed by atoms with van der Waals surface area (Å²) in [6.45, 7) is 0. The first-order valence-electron chi connectivity index (χ1n) is 6.50. The summed E-state index contributed by atoms with van der Waals surface area (Å²) in [6, 6.07) is 11.6. The molecule has 0 aliphatic heterocycles. The molecule has 2 N–H and O–H groups in total. The van der Waals surface area contributed by atoms with Crippen LogP contribution >= 0.6 is 15.9 Å². The van der Waals surface area contributed by atoms with Crippen molar-refractivity contribution in [1.29, 1.82) is 0 Å². The third kappa shape index (κ3) is 3.92. The summed E-state index contributed by atoms with van der Waals surface area (Å²) in [6.07, 6.45) is -0.154. The fourth-order valence-corrected chi connectivity index (χ4v) is 2.30. The van der Waals surface area contributed by atoms with E-state index < -0.39 is 11.8 Å². The molecule has 0 saturated heterocycles. The van der Waals surface area contributed by atoms with Crippen LogP contribution in [0.4, 0.5) is 4.39 Å². The highest BCUT2D eigenvalue weighted by Gasteiger charge is 2.11. The van der Waals surface area contributed by atoms with Gasteiger partial charge in [0.1, 0.15) is 5.82 Å². The molecule has 22 heavy (non-hydrogen) atoms. The van der Waals surface area contributed by atoms with Crippen LogP contribution < -0.4 is 0 Å². The minimum Gasteiger partial charge on any atom is -0.481 e. The van der Waals surface area contributed by atoms with Crippen LogP contribution in [0.1, 0.15) is 18.4 Å². The fraction of sp³-hybridized carbons (Fsp3) is 0.125. The normalized spacial score (nSPS) is 11.5. The van der Waals surface area contributed by atoms with Gasteiger partial charge in [-0.15, -0.1) is 0 Å². The molecule has 0 spiro atoms. The maximum absolute atomic E-state index is 14.3. The maximum Gasteiger partial charge on any atom is 0.303 e. The molecule has 0 unspecified atom stereocenters. The highest BCUT2D eigenvalue weighted by molar-refractivity contribution is 9.10. The summed E-state index contributed by atoms with van der Waals surface area (Å²) < 4.78 is 15.2. The molecule has 0 aliphatic rings. The van der Waals surface area contributed by atoms with Crippen LogP contribution in [0.3, 0.4) is 0 Å². The van der Waals surface area contributed by atoms with Crippen LogP contribution in [0.2, 0.25) is 0 Å². The molecule has 0 atom stereocenters. The Morgan fingerprint density at radius 2 is 1.82 bits per heavy atom. The molecule has 2 rings (SSSR count). The first-order valence-corrected chi connectivity index (χ1v) is 7.29. The zero-order valence-electron chi connectivity index (χ0n) is 11.5. The molecule has 0 amide bonds. The van der Waals surface area contributed by atoms with E-state index in [2.05, 4.69) is 21.1 Å². The molecule has 114 valence electrons. The van der Waals surface area contributed by atoms with E-state index in [-0.39, 0.29) is 18.6 Å².